The van der Waals surface area contributed by atoms with E-state index in [0.29, 0.717) is 21.7 Å². The maximum Gasteiger partial charge on any atom is 0.156 e. The molecule has 0 unspecified atom stereocenters. The van der Waals surface area contributed by atoms with E-state index in [9.17, 15) is 4.39 Å². The van der Waals surface area contributed by atoms with Gasteiger partial charge in [-0.2, -0.15) is 0 Å². The second-order valence-electron chi connectivity index (χ2n) is 3.84. The Bertz CT molecular complexity index is 602. The van der Waals surface area contributed by atoms with Gasteiger partial charge in [0.15, 0.2) is 11.0 Å². The lowest BCUT2D eigenvalue weighted by molar-refractivity contribution is 0.632. The van der Waals surface area contributed by atoms with Crippen molar-refractivity contribution in [3.63, 3.8) is 0 Å². The van der Waals surface area contributed by atoms with E-state index in [2.05, 4.69) is 15.5 Å². The molecular formula is C12H10Cl2FN3. The van der Waals surface area contributed by atoms with Gasteiger partial charge in [0, 0.05) is 5.02 Å². The molecule has 94 valence electrons. The molecule has 1 heterocycles. The number of nitrogens with zero attached hydrogens (tertiary/aromatic N) is 2. The van der Waals surface area contributed by atoms with Crippen LogP contribution in [0.25, 0.3) is 0 Å². The third-order valence-electron chi connectivity index (χ3n) is 2.65. The normalized spacial score (nSPS) is 10.5. The van der Waals surface area contributed by atoms with Crippen LogP contribution < -0.4 is 5.32 Å². The minimum atomic E-state index is -0.448. The Hall–Kier alpha value is -1.39. The molecule has 3 nitrogen and oxygen atoms in total. The zero-order chi connectivity index (χ0) is 13.3. The zero-order valence-electron chi connectivity index (χ0n) is 9.76. The van der Waals surface area contributed by atoms with Crippen molar-refractivity contribution in [3.8, 4) is 0 Å². The number of anilines is 2. The van der Waals surface area contributed by atoms with Crippen LogP contribution in [-0.2, 0) is 0 Å². The Morgan fingerprint density at radius 2 is 1.83 bits per heavy atom. The quantitative estimate of drug-likeness (QED) is 0.895. The summed E-state index contributed by atoms with van der Waals surface area (Å²) in [6, 6.07) is 4.37. The molecule has 1 N–H and O–H groups in total. The van der Waals surface area contributed by atoms with Crippen LogP contribution in [0, 0.1) is 19.7 Å². The zero-order valence-corrected chi connectivity index (χ0v) is 11.3. The average molecular weight is 286 g/mol. The van der Waals surface area contributed by atoms with Gasteiger partial charge in [-0.1, -0.05) is 23.2 Å². The number of benzene rings is 1. The molecule has 18 heavy (non-hydrogen) atoms. The molecule has 2 aromatic rings. The molecule has 0 saturated carbocycles. The van der Waals surface area contributed by atoms with Crippen molar-refractivity contribution in [2.45, 2.75) is 13.8 Å². The first-order valence-corrected chi connectivity index (χ1v) is 5.96. The monoisotopic (exact) mass is 285 g/mol. The highest BCUT2D eigenvalue weighted by atomic mass is 35.5. The van der Waals surface area contributed by atoms with Crippen LogP contribution in [0.4, 0.5) is 15.9 Å². The summed E-state index contributed by atoms with van der Waals surface area (Å²) in [5.41, 5.74) is 1.92. The molecule has 0 amide bonds. The van der Waals surface area contributed by atoms with Gasteiger partial charge in [0.1, 0.15) is 5.82 Å². The van der Waals surface area contributed by atoms with E-state index in [0.717, 1.165) is 11.1 Å². The van der Waals surface area contributed by atoms with Gasteiger partial charge in [0.2, 0.25) is 0 Å². The molecule has 0 aliphatic carbocycles. The lowest BCUT2D eigenvalue weighted by atomic mass is 10.2. The highest BCUT2D eigenvalue weighted by molar-refractivity contribution is 6.30. The topological polar surface area (TPSA) is 37.8 Å². The van der Waals surface area contributed by atoms with Crippen LogP contribution in [-0.4, -0.2) is 10.2 Å². The maximum absolute atomic E-state index is 13.6. The standard InChI is InChI=1S/C12H10Cl2FN3/c1-6-7(2)12(18-17-11(6)14)16-10-4-3-8(13)5-9(10)15/h3-5H,1-2H3,(H,16,18). The molecule has 0 atom stereocenters. The van der Waals surface area contributed by atoms with E-state index in [1.807, 2.05) is 13.8 Å². The van der Waals surface area contributed by atoms with E-state index in [1.54, 1.807) is 12.1 Å². The van der Waals surface area contributed by atoms with Crippen molar-refractivity contribution in [1.29, 1.82) is 0 Å². The Morgan fingerprint density at radius 1 is 1.11 bits per heavy atom. The predicted molar refractivity (Wildman–Crippen MR) is 71.2 cm³/mol. The Labute approximate surface area is 114 Å². The second-order valence-corrected chi connectivity index (χ2v) is 4.63. The number of rotatable bonds is 2. The molecule has 1 aromatic heterocycles. The van der Waals surface area contributed by atoms with Gasteiger partial charge in [0.25, 0.3) is 0 Å². The van der Waals surface area contributed by atoms with E-state index in [4.69, 9.17) is 23.2 Å². The maximum atomic E-state index is 13.6. The molecule has 1 aromatic carbocycles. The highest BCUT2D eigenvalue weighted by Gasteiger charge is 2.10. The largest absolute Gasteiger partial charge is 0.336 e. The first-order valence-electron chi connectivity index (χ1n) is 5.20. The minimum absolute atomic E-state index is 0.290. The Kier molecular flexibility index (Phi) is 3.68. The molecule has 0 fully saturated rings. The van der Waals surface area contributed by atoms with Gasteiger partial charge in [-0.25, -0.2) is 4.39 Å². The first kappa shape index (κ1) is 13.1. The summed E-state index contributed by atoms with van der Waals surface area (Å²) in [5.74, 6) is 0.0226. The summed E-state index contributed by atoms with van der Waals surface area (Å²) >= 11 is 11.5. The van der Waals surface area contributed by atoms with Gasteiger partial charge >= 0.3 is 0 Å². The average Bonchev–Trinajstić information content (AvgIpc) is 2.33. The molecular weight excluding hydrogens is 276 g/mol. The fourth-order valence-electron chi connectivity index (χ4n) is 1.41. The number of hydrogen-bond acceptors (Lipinski definition) is 3. The van der Waals surface area contributed by atoms with E-state index >= 15 is 0 Å². The lowest BCUT2D eigenvalue weighted by Gasteiger charge is -2.11. The molecule has 0 aliphatic rings. The van der Waals surface area contributed by atoms with E-state index in [1.165, 1.54) is 6.07 Å². The molecule has 0 bridgehead atoms. The third-order valence-corrected chi connectivity index (χ3v) is 3.24. The van der Waals surface area contributed by atoms with Crippen LogP contribution in [0.2, 0.25) is 10.2 Å². The summed E-state index contributed by atoms with van der Waals surface area (Å²) in [7, 11) is 0. The molecule has 0 saturated heterocycles. The van der Waals surface area contributed by atoms with Crippen molar-refractivity contribution in [2.75, 3.05) is 5.32 Å². The SMILES string of the molecule is Cc1c(Cl)nnc(Nc2ccc(Cl)cc2F)c1C. The van der Waals surface area contributed by atoms with Crippen molar-refractivity contribution in [3.05, 3.63) is 45.3 Å². The predicted octanol–water partition coefficient (Wildman–Crippen LogP) is 4.28. The van der Waals surface area contributed by atoms with Crippen molar-refractivity contribution >= 4 is 34.7 Å². The smallest absolute Gasteiger partial charge is 0.156 e. The van der Waals surface area contributed by atoms with Crippen molar-refractivity contribution in [2.24, 2.45) is 0 Å². The van der Waals surface area contributed by atoms with Gasteiger partial charge < -0.3 is 5.32 Å². The first-order chi connectivity index (χ1) is 8.49. The lowest BCUT2D eigenvalue weighted by Crippen LogP contribution is -2.02. The summed E-state index contributed by atoms with van der Waals surface area (Å²) < 4.78 is 13.6. The number of nitrogens with one attached hydrogen (secondary N) is 1. The highest BCUT2D eigenvalue weighted by Crippen LogP contribution is 2.26. The van der Waals surface area contributed by atoms with Crippen LogP contribution in [0.1, 0.15) is 11.1 Å². The van der Waals surface area contributed by atoms with Crippen LogP contribution in [0.15, 0.2) is 18.2 Å². The van der Waals surface area contributed by atoms with Gasteiger partial charge in [-0.05, 0) is 43.2 Å². The van der Waals surface area contributed by atoms with E-state index in [-0.39, 0.29) is 0 Å². The van der Waals surface area contributed by atoms with Crippen LogP contribution >= 0.6 is 23.2 Å². The summed E-state index contributed by atoms with van der Waals surface area (Å²) in [5, 5.41) is 11.2. The summed E-state index contributed by atoms with van der Waals surface area (Å²) in [4.78, 5) is 0. The fraction of sp³-hybridized carbons (Fsp3) is 0.167. The third kappa shape index (κ3) is 2.54. The minimum Gasteiger partial charge on any atom is -0.336 e. The van der Waals surface area contributed by atoms with Gasteiger partial charge in [-0.3, -0.25) is 0 Å². The van der Waals surface area contributed by atoms with Crippen LogP contribution in [0.3, 0.4) is 0 Å². The second kappa shape index (κ2) is 5.08. The number of aromatic nitrogens is 2. The van der Waals surface area contributed by atoms with Crippen LogP contribution in [0.5, 0.6) is 0 Å². The van der Waals surface area contributed by atoms with Gasteiger partial charge in [-0.15, -0.1) is 10.2 Å². The number of halogens is 3. The van der Waals surface area contributed by atoms with Crippen molar-refractivity contribution in [1.82, 2.24) is 10.2 Å². The number of hydrogen-bond donors (Lipinski definition) is 1. The van der Waals surface area contributed by atoms with Gasteiger partial charge in [0.05, 0.1) is 5.69 Å². The fourth-order valence-corrected chi connectivity index (χ4v) is 1.75. The van der Waals surface area contributed by atoms with E-state index < -0.39 is 5.82 Å². The summed E-state index contributed by atoms with van der Waals surface area (Å²) in [6.45, 7) is 3.67. The van der Waals surface area contributed by atoms with Crippen molar-refractivity contribution < 1.29 is 4.39 Å². The molecule has 0 aliphatic heterocycles. The Balaban J connectivity index is 2.37. The molecule has 0 spiro atoms. The molecule has 0 radical (unpaired) electrons. The molecule has 2 rings (SSSR count). The summed E-state index contributed by atoms with van der Waals surface area (Å²) in [6.07, 6.45) is 0. The Morgan fingerprint density at radius 3 is 2.50 bits per heavy atom. The molecule has 6 heteroatoms.